The molecule has 0 bridgehead atoms. The van der Waals surface area contributed by atoms with Crippen molar-refractivity contribution in [3.63, 3.8) is 0 Å². The van der Waals surface area contributed by atoms with Crippen molar-refractivity contribution in [2.24, 2.45) is 0 Å². The monoisotopic (exact) mass is 286 g/mol. The van der Waals surface area contributed by atoms with Crippen molar-refractivity contribution in [2.75, 3.05) is 38.2 Å². The molecule has 16 heavy (non-hydrogen) atoms. The van der Waals surface area contributed by atoms with Gasteiger partial charge in [-0.1, -0.05) is 0 Å². The Balaban J connectivity index is 2.31. The molecule has 1 aliphatic heterocycles. The summed E-state index contributed by atoms with van der Waals surface area (Å²) in [5, 5.41) is 12.9. The van der Waals surface area contributed by atoms with Gasteiger partial charge in [-0.05, 0) is 15.9 Å². The highest BCUT2D eigenvalue weighted by Gasteiger charge is 2.16. The van der Waals surface area contributed by atoms with Gasteiger partial charge in [0, 0.05) is 42.8 Å². The Labute approximate surface area is 103 Å². The molecule has 88 valence electrons. The Hall–Kier alpha value is -0.940. The molecule has 0 atom stereocenters. The summed E-state index contributed by atoms with van der Waals surface area (Å²) >= 11 is 3.47. The van der Waals surface area contributed by atoms with Crippen molar-refractivity contribution in [3.05, 3.63) is 16.6 Å². The zero-order chi connectivity index (χ0) is 11.5. The normalized spacial score (nSPS) is 16.2. The van der Waals surface area contributed by atoms with E-state index in [1.165, 1.54) is 0 Å². The van der Waals surface area contributed by atoms with Crippen molar-refractivity contribution >= 4 is 21.6 Å². The minimum Gasteiger partial charge on any atom is -0.504 e. The Bertz CT molecular complexity index is 378. The fourth-order valence-corrected chi connectivity index (χ4v) is 2.43. The summed E-state index contributed by atoms with van der Waals surface area (Å²) in [6.07, 6.45) is 0. The molecule has 0 unspecified atom stereocenters. The molecule has 5 heteroatoms. The maximum Gasteiger partial charge on any atom is 0.162 e. The SMILES string of the molecule is COc1cc(N2CCNCC2)c(Br)cc1O. The van der Waals surface area contributed by atoms with E-state index < -0.39 is 0 Å². The zero-order valence-corrected chi connectivity index (χ0v) is 10.7. The first-order chi connectivity index (χ1) is 7.72. The van der Waals surface area contributed by atoms with E-state index in [0.29, 0.717) is 5.75 Å². The largest absolute Gasteiger partial charge is 0.504 e. The lowest BCUT2D eigenvalue weighted by atomic mass is 10.2. The molecule has 0 aliphatic carbocycles. The predicted octanol–water partition coefficient (Wildman–Crippen LogP) is 1.57. The standard InChI is InChI=1S/C11H15BrN2O2/c1-16-11-7-9(8(12)6-10(11)15)14-4-2-13-3-5-14/h6-7,13,15H,2-5H2,1H3. The maximum absolute atomic E-state index is 9.63. The molecule has 0 saturated carbocycles. The Morgan fingerprint density at radius 2 is 2.06 bits per heavy atom. The zero-order valence-electron chi connectivity index (χ0n) is 9.16. The number of phenolic OH excluding ortho intramolecular Hbond substituents is 1. The fraction of sp³-hybridized carbons (Fsp3) is 0.455. The summed E-state index contributed by atoms with van der Waals surface area (Å²) in [6, 6.07) is 3.54. The van der Waals surface area contributed by atoms with E-state index in [1.54, 1.807) is 13.2 Å². The molecule has 0 amide bonds. The molecule has 1 saturated heterocycles. The van der Waals surface area contributed by atoms with E-state index in [-0.39, 0.29) is 5.75 Å². The van der Waals surface area contributed by atoms with Crippen LogP contribution in [0.2, 0.25) is 0 Å². The van der Waals surface area contributed by atoms with Crippen molar-refractivity contribution in [3.8, 4) is 11.5 Å². The third kappa shape index (κ3) is 2.25. The molecule has 1 aromatic rings. The lowest BCUT2D eigenvalue weighted by Crippen LogP contribution is -2.43. The van der Waals surface area contributed by atoms with E-state index in [1.807, 2.05) is 6.07 Å². The number of benzene rings is 1. The van der Waals surface area contributed by atoms with Crippen LogP contribution in [0.5, 0.6) is 11.5 Å². The van der Waals surface area contributed by atoms with Gasteiger partial charge in [0.15, 0.2) is 11.5 Å². The molecular weight excluding hydrogens is 272 g/mol. The number of nitrogens with zero attached hydrogens (tertiary/aromatic N) is 1. The molecule has 0 spiro atoms. The van der Waals surface area contributed by atoms with Gasteiger partial charge in [-0.15, -0.1) is 0 Å². The van der Waals surface area contributed by atoms with Gasteiger partial charge in [0.25, 0.3) is 0 Å². The molecule has 1 heterocycles. The summed E-state index contributed by atoms with van der Waals surface area (Å²) in [5.74, 6) is 0.671. The summed E-state index contributed by atoms with van der Waals surface area (Å²) in [5.41, 5.74) is 1.07. The van der Waals surface area contributed by atoms with Crippen LogP contribution in [0.4, 0.5) is 5.69 Å². The smallest absolute Gasteiger partial charge is 0.162 e. The van der Waals surface area contributed by atoms with Crippen molar-refractivity contribution < 1.29 is 9.84 Å². The van der Waals surface area contributed by atoms with E-state index in [2.05, 4.69) is 26.1 Å². The average molecular weight is 287 g/mol. The van der Waals surface area contributed by atoms with Crippen LogP contribution in [-0.4, -0.2) is 38.4 Å². The predicted molar refractivity (Wildman–Crippen MR) is 67.4 cm³/mol. The van der Waals surface area contributed by atoms with E-state index in [0.717, 1.165) is 36.3 Å². The molecule has 2 N–H and O–H groups in total. The van der Waals surface area contributed by atoms with Gasteiger partial charge in [-0.2, -0.15) is 0 Å². The molecule has 0 aromatic heterocycles. The lowest BCUT2D eigenvalue weighted by molar-refractivity contribution is 0.373. The number of hydrogen-bond donors (Lipinski definition) is 2. The summed E-state index contributed by atoms with van der Waals surface area (Å²) < 4.78 is 6.01. The number of rotatable bonds is 2. The van der Waals surface area contributed by atoms with Crippen LogP contribution in [0, 0.1) is 0 Å². The number of nitrogens with one attached hydrogen (secondary N) is 1. The first-order valence-corrected chi connectivity index (χ1v) is 6.04. The minimum atomic E-state index is 0.160. The fourth-order valence-electron chi connectivity index (χ4n) is 1.84. The molecule has 2 rings (SSSR count). The first-order valence-electron chi connectivity index (χ1n) is 5.24. The summed E-state index contributed by atoms with van der Waals surface area (Å²) in [7, 11) is 1.56. The number of halogens is 1. The van der Waals surface area contributed by atoms with Crippen molar-refractivity contribution in [1.82, 2.24) is 5.32 Å². The van der Waals surface area contributed by atoms with Gasteiger partial charge in [0.05, 0.1) is 12.8 Å². The second kappa shape index (κ2) is 4.93. The van der Waals surface area contributed by atoms with Crippen molar-refractivity contribution in [2.45, 2.75) is 0 Å². The van der Waals surface area contributed by atoms with Crippen LogP contribution in [0.3, 0.4) is 0 Å². The van der Waals surface area contributed by atoms with Crippen LogP contribution in [0.15, 0.2) is 16.6 Å². The van der Waals surface area contributed by atoms with Gasteiger partial charge in [-0.3, -0.25) is 0 Å². The van der Waals surface area contributed by atoms with Gasteiger partial charge in [-0.25, -0.2) is 0 Å². The topological polar surface area (TPSA) is 44.7 Å². The highest BCUT2D eigenvalue weighted by Crippen LogP contribution is 2.37. The number of piperazine rings is 1. The molecule has 0 radical (unpaired) electrons. The number of phenols is 1. The van der Waals surface area contributed by atoms with E-state index in [4.69, 9.17) is 4.74 Å². The quantitative estimate of drug-likeness (QED) is 0.866. The van der Waals surface area contributed by atoms with Gasteiger partial charge in [0.2, 0.25) is 0 Å². The Morgan fingerprint density at radius 3 is 2.69 bits per heavy atom. The number of methoxy groups -OCH3 is 1. The number of anilines is 1. The Kier molecular flexibility index (Phi) is 3.56. The number of ether oxygens (including phenoxy) is 1. The molecule has 1 fully saturated rings. The van der Waals surface area contributed by atoms with Crippen LogP contribution in [0.25, 0.3) is 0 Å². The van der Waals surface area contributed by atoms with Gasteiger partial charge in [0.1, 0.15) is 0 Å². The summed E-state index contributed by atoms with van der Waals surface area (Å²) in [4.78, 5) is 2.27. The first kappa shape index (κ1) is 11.5. The van der Waals surface area contributed by atoms with Crippen LogP contribution in [0.1, 0.15) is 0 Å². The van der Waals surface area contributed by atoms with Crippen LogP contribution < -0.4 is 15.0 Å². The second-order valence-corrected chi connectivity index (χ2v) is 4.57. The average Bonchev–Trinajstić information content (AvgIpc) is 2.30. The number of aromatic hydroxyl groups is 1. The maximum atomic E-state index is 9.63. The molecular formula is C11H15BrN2O2. The highest BCUT2D eigenvalue weighted by molar-refractivity contribution is 9.10. The molecule has 1 aliphatic rings. The summed E-state index contributed by atoms with van der Waals surface area (Å²) in [6.45, 7) is 3.89. The van der Waals surface area contributed by atoms with Crippen molar-refractivity contribution in [1.29, 1.82) is 0 Å². The molecule has 1 aromatic carbocycles. The lowest BCUT2D eigenvalue weighted by Gasteiger charge is -2.30. The minimum absolute atomic E-state index is 0.160. The van der Waals surface area contributed by atoms with Gasteiger partial charge < -0.3 is 20.1 Å². The van der Waals surface area contributed by atoms with Gasteiger partial charge >= 0.3 is 0 Å². The van der Waals surface area contributed by atoms with E-state index in [9.17, 15) is 5.11 Å². The van der Waals surface area contributed by atoms with Crippen LogP contribution in [-0.2, 0) is 0 Å². The second-order valence-electron chi connectivity index (χ2n) is 3.71. The highest BCUT2D eigenvalue weighted by atomic mass is 79.9. The third-order valence-corrected chi connectivity index (χ3v) is 3.34. The Morgan fingerprint density at radius 1 is 1.38 bits per heavy atom. The number of hydrogen-bond acceptors (Lipinski definition) is 4. The van der Waals surface area contributed by atoms with Crippen LogP contribution >= 0.6 is 15.9 Å². The molecule has 4 nitrogen and oxygen atoms in total. The third-order valence-electron chi connectivity index (χ3n) is 2.71. The van der Waals surface area contributed by atoms with E-state index >= 15 is 0 Å².